The molecule has 196 valence electrons. The minimum Gasteiger partial charge on any atom is -0.497 e. The number of methoxy groups -OCH3 is 1. The number of hydrogen-bond donors (Lipinski definition) is 2. The minimum atomic E-state index is -0.441. The molecule has 0 spiro atoms. The highest BCUT2D eigenvalue weighted by molar-refractivity contribution is 6.15. The number of piperazine rings is 1. The molecule has 9 heteroatoms. The van der Waals surface area contributed by atoms with Crippen molar-refractivity contribution in [1.82, 2.24) is 19.7 Å². The first-order valence-corrected chi connectivity index (χ1v) is 12.6. The summed E-state index contributed by atoms with van der Waals surface area (Å²) in [4.78, 5) is 30.0. The number of anilines is 1. The van der Waals surface area contributed by atoms with Gasteiger partial charge < -0.3 is 29.6 Å². The Morgan fingerprint density at radius 3 is 2.74 bits per heavy atom. The van der Waals surface area contributed by atoms with Gasteiger partial charge in [0.25, 0.3) is 0 Å². The van der Waals surface area contributed by atoms with Crippen LogP contribution < -0.4 is 20.1 Å². The number of allylic oxidation sites excluding steroid dienone is 1. The van der Waals surface area contributed by atoms with Gasteiger partial charge in [-0.2, -0.15) is 0 Å². The van der Waals surface area contributed by atoms with Crippen LogP contribution >= 0.6 is 0 Å². The molecule has 2 N–H and O–H groups in total. The third-order valence-corrected chi connectivity index (χ3v) is 6.94. The molecule has 2 aliphatic heterocycles. The molecule has 1 fully saturated rings. The van der Waals surface area contributed by atoms with Gasteiger partial charge in [-0.25, -0.2) is 4.79 Å². The number of terminal acetylenes is 1. The predicted molar refractivity (Wildman–Crippen MR) is 148 cm³/mol. The maximum atomic E-state index is 13.2. The summed E-state index contributed by atoms with van der Waals surface area (Å²) in [5.74, 6) is 3.53. The van der Waals surface area contributed by atoms with Crippen LogP contribution in [0.3, 0.4) is 0 Å². The molecule has 2 amide bonds. The van der Waals surface area contributed by atoms with E-state index in [4.69, 9.17) is 15.9 Å². The van der Waals surface area contributed by atoms with E-state index in [1.54, 1.807) is 31.4 Å². The summed E-state index contributed by atoms with van der Waals surface area (Å²) in [6.07, 6.45) is 9.02. The third-order valence-electron chi connectivity index (χ3n) is 6.94. The number of likely N-dealkylation sites (N-methyl/N-ethyl adjacent to an activating group) is 1. The number of amides is 2. The number of carbonyl (C=O) groups is 2. The second-order valence-corrected chi connectivity index (χ2v) is 9.47. The Morgan fingerprint density at radius 2 is 1.97 bits per heavy atom. The molecule has 1 saturated heterocycles. The highest BCUT2D eigenvalue weighted by Crippen LogP contribution is 2.35. The van der Waals surface area contributed by atoms with Crippen molar-refractivity contribution in [2.45, 2.75) is 6.54 Å². The van der Waals surface area contributed by atoms with Crippen LogP contribution in [0.1, 0.15) is 15.9 Å². The minimum absolute atomic E-state index is 0.111. The fourth-order valence-corrected chi connectivity index (χ4v) is 4.77. The zero-order valence-electron chi connectivity index (χ0n) is 21.6. The maximum Gasteiger partial charge on any atom is 0.319 e. The molecule has 1 aromatic heterocycles. The number of benzene rings is 2. The molecule has 0 aliphatic carbocycles. The molecule has 0 radical (unpaired) electrons. The van der Waals surface area contributed by atoms with Crippen LogP contribution in [-0.4, -0.2) is 79.6 Å². The fourth-order valence-electron chi connectivity index (χ4n) is 4.77. The molecule has 0 bridgehead atoms. The Morgan fingerprint density at radius 1 is 1.16 bits per heavy atom. The molecule has 3 aromatic rings. The topological polar surface area (TPSA) is 88.1 Å². The lowest BCUT2D eigenvalue weighted by Gasteiger charge is -2.32. The number of aromatic nitrogens is 1. The Bertz CT molecular complexity index is 1440. The molecule has 2 aliphatic rings. The van der Waals surface area contributed by atoms with Crippen LogP contribution in [0.15, 0.2) is 48.4 Å². The van der Waals surface area contributed by atoms with Crippen LogP contribution in [0, 0.1) is 12.3 Å². The van der Waals surface area contributed by atoms with Gasteiger partial charge in [0.15, 0.2) is 5.76 Å². The number of fused-ring (bicyclic) bond motifs is 2. The summed E-state index contributed by atoms with van der Waals surface area (Å²) < 4.78 is 13.6. The molecule has 2 aromatic carbocycles. The van der Waals surface area contributed by atoms with Gasteiger partial charge in [0, 0.05) is 67.6 Å². The van der Waals surface area contributed by atoms with Crippen LogP contribution in [0.5, 0.6) is 11.5 Å². The molecule has 9 nitrogen and oxygen atoms in total. The van der Waals surface area contributed by atoms with Crippen LogP contribution in [0.4, 0.5) is 10.5 Å². The van der Waals surface area contributed by atoms with E-state index in [0.717, 1.165) is 61.5 Å². The zero-order chi connectivity index (χ0) is 26.6. The average molecular weight is 514 g/mol. The maximum absolute atomic E-state index is 13.2. The van der Waals surface area contributed by atoms with Crippen molar-refractivity contribution in [1.29, 1.82) is 0 Å². The van der Waals surface area contributed by atoms with Crippen molar-refractivity contribution in [3.05, 3.63) is 59.5 Å². The van der Waals surface area contributed by atoms with Crippen molar-refractivity contribution >= 4 is 34.5 Å². The quantitative estimate of drug-likeness (QED) is 0.373. The predicted octanol–water partition coefficient (Wildman–Crippen LogP) is 3.27. The molecule has 0 saturated carbocycles. The molecule has 5 rings (SSSR count). The van der Waals surface area contributed by atoms with E-state index < -0.39 is 6.03 Å². The largest absolute Gasteiger partial charge is 0.497 e. The number of nitrogens with zero attached hydrogens (tertiary/aromatic N) is 3. The lowest BCUT2D eigenvalue weighted by atomic mass is 10.1. The van der Waals surface area contributed by atoms with Crippen molar-refractivity contribution in [3.8, 4) is 23.8 Å². The second-order valence-electron chi connectivity index (χ2n) is 9.47. The van der Waals surface area contributed by atoms with Crippen molar-refractivity contribution in [2.24, 2.45) is 0 Å². The lowest BCUT2D eigenvalue weighted by molar-refractivity contribution is 0.101. The Balaban J connectivity index is 1.39. The van der Waals surface area contributed by atoms with Gasteiger partial charge in [-0.05, 0) is 49.5 Å². The van der Waals surface area contributed by atoms with Gasteiger partial charge in [0.1, 0.15) is 11.5 Å². The number of carbonyl (C=O) groups excluding carboxylic acids is 2. The number of hydrogen-bond acceptors (Lipinski definition) is 6. The number of rotatable bonds is 7. The van der Waals surface area contributed by atoms with E-state index in [1.165, 1.54) is 0 Å². The van der Waals surface area contributed by atoms with E-state index >= 15 is 0 Å². The summed E-state index contributed by atoms with van der Waals surface area (Å²) in [5.41, 5.74) is 2.81. The first-order chi connectivity index (χ1) is 18.4. The van der Waals surface area contributed by atoms with E-state index in [9.17, 15) is 9.59 Å². The first-order valence-electron chi connectivity index (χ1n) is 12.6. The van der Waals surface area contributed by atoms with E-state index in [0.29, 0.717) is 17.0 Å². The normalized spacial score (nSPS) is 16.8. The number of urea groups is 1. The fraction of sp³-hybridized carbons (Fsp3) is 0.310. The SMILES string of the molecule is C#CCNC(=O)Nc1ccc2c(c1)C(=O)C(=Cc1cn(CCN3CCN(C)CC3)c3ccc(OC)cc13)O2. The van der Waals surface area contributed by atoms with Crippen LogP contribution in [0.25, 0.3) is 17.0 Å². The standard InChI is InChI=1S/C29H31N5O4/c1-4-9-30-29(36)31-21-5-8-26-24(17-21)28(35)27(38-26)16-20-19-34(15-14-33-12-10-32(2)11-13-33)25-7-6-22(37-3)18-23(20)25/h1,5-8,16-19H,9-15H2,2-3H3,(H2,30,31,36). The highest BCUT2D eigenvalue weighted by Gasteiger charge is 2.28. The molecule has 0 unspecified atom stereocenters. The Hall–Kier alpha value is -4.26. The van der Waals surface area contributed by atoms with E-state index in [-0.39, 0.29) is 18.1 Å². The summed E-state index contributed by atoms with van der Waals surface area (Å²) in [5, 5.41) is 6.19. The Labute approximate surface area is 222 Å². The molecular weight excluding hydrogens is 482 g/mol. The van der Waals surface area contributed by atoms with E-state index in [2.05, 4.69) is 50.2 Å². The number of nitrogens with one attached hydrogen (secondary N) is 2. The number of ether oxygens (including phenoxy) is 2. The molecule has 3 heterocycles. The monoisotopic (exact) mass is 513 g/mol. The lowest BCUT2D eigenvalue weighted by Crippen LogP contribution is -2.45. The van der Waals surface area contributed by atoms with Gasteiger partial charge in [-0.1, -0.05) is 5.92 Å². The Kier molecular flexibility index (Phi) is 7.36. The molecular formula is C29H31N5O4. The molecule has 38 heavy (non-hydrogen) atoms. The van der Waals surface area contributed by atoms with Gasteiger partial charge >= 0.3 is 6.03 Å². The first kappa shape index (κ1) is 25.4. The van der Waals surface area contributed by atoms with Gasteiger partial charge in [-0.15, -0.1) is 6.42 Å². The third kappa shape index (κ3) is 5.37. The van der Waals surface area contributed by atoms with Gasteiger partial charge in [-0.3, -0.25) is 9.69 Å². The summed E-state index contributed by atoms with van der Waals surface area (Å²) in [6.45, 7) is 6.17. The smallest absolute Gasteiger partial charge is 0.319 e. The summed E-state index contributed by atoms with van der Waals surface area (Å²) in [7, 11) is 3.80. The average Bonchev–Trinajstić information content (AvgIpc) is 3.43. The molecule has 0 atom stereocenters. The summed E-state index contributed by atoms with van der Waals surface area (Å²) in [6, 6.07) is 10.5. The highest BCUT2D eigenvalue weighted by atomic mass is 16.5. The zero-order valence-corrected chi connectivity index (χ0v) is 21.6. The van der Waals surface area contributed by atoms with Crippen molar-refractivity contribution in [2.75, 3.05) is 58.7 Å². The van der Waals surface area contributed by atoms with E-state index in [1.807, 2.05) is 12.1 Å². The second kappa shape index (κ2) is 11.0. The van der Waals surface area contributed by atoms with Gasteiger partial charge in [0.05, 0.1) is 19.2 Å². The number of Topliss-reactive ketones (excluding diaryl/α,β-unsaturated/α-hetero) is 1. The van der Waals surface area contributed by atoms with Gasteiger partial charge in [0.2, 0.25) is 5.78 Å². The number of ketones is 1. The van der Waals surface area contributed by atoms with Crippen molar-refractivity contribution in [3.63, 3.8) is 0 Å². The van der Waals surface area contributed by atoms with Crippen LogP contribution in [-0.2, 0) is 6.54 Å². The van der Waals surface area contributed by atoms with Crippen LogP contribution in [0.2, 0.25) is 0 Å². The van der Waals surface area contributed by atoms with Crippen molar-refractivity contribution < 1.29 is 19.1 Å². The summed E-state index contributed by atoms with van der Waals surface area (Å²) >= 11 is 0.